The van der Waals surface area contributed by atoms with E-state index in [0.717, 1.165) is 25.6 Å². The summed E-state index contributed by atoms with van der Waals surface area (Å²) < 4.78 is 0. The first-order valence-corrected chi connectivity index (χ1v) is 6.06. The first-order valence-electron chi connectivity index (χ1n) is 6.06. The van der Waals surface area contributed by atoms with E-state index in [1.165, 1.54) is 12.8 Å². The van der Waals surface area contributed by atoms with Crippen LogP contribution in [0.5, 0.6) is 0 Å². The SMILES string of the molecule is O=C1CC(NC2CCN(C3CC3)C2)C(=O)N1. The largest absolute Gasteiger partial charge is 0.301 e. The van der Waals surface area contributed by atoms with Crippen LogP contribution in [0.3, 0.4) is 0 Å². The van der Waals surface area contributed by atoms with Gasteiger partial charge in [0.2, 0.25) is 11.8 Å². The number of carbonyl (C=O) groups is 2. The van der Waals surface area contributed by atoms with E-state index < -0.39 is 0 Å². The summed E-state index contributed by atoms with van der Waals surface area (Å²) in [6.45, 7) is 2.16. The van der Waals surface area contributed by atoms with E-state index in [9.17, 15) is 9.59 Å². The topological polar surface area (TPSA) is 61.4 Å². The number of hydrogen-bond acceptors (Lipinski definition) is 4. The maximum absolute atomic E-state index is 11.4. The Hall–Kier alpha value is -0.940. The number of amides is 2. The first-order chi connectivity index (χ1) is 7.72. The molecule has 2 aliphatic heterocycles. The Morgan fingerprint density at radius 2 is 2.06 bits per heavy atom. The quantitative estimate of drug-likeness (QED) is 0.617. The Balaban J connectivity index is 1.51. The third kappa shape index (κ3) is 1.97. The molecule has 2 heterocycles. The smallest absolute Gasteiger partial charge is 0.244 e. The van der Waals surface area contributed by atoms with Crippen LogP contribution in [0.4, 0.5) is 0 Å². The molecule has 16 heavy (non-hydrogen) atoms. The lowest BCUT2D eigenvalue weighted by Crippen LogP contribution is -2.44. The highest BCUT2D eigenvalue weighted by atomic mass is 16.2. The van der Waals surface area contributed by atoms with Gasteiger partial charge in [0.05, 0.1) is 12.5 Å². The van der Waals surface area contributed by atoms with Gasteiger partial charge < -0.3 is 5.32 Å². The highest BCUT2D eigenvalue weighted by molar-refractivity contribution is 6.05. The van der Waals surface area contributed by atoms with Crippen molar-refractivity contribution in [3.63, 3.8) is 0 Å². The van der Waals surface area contributed by atoms with Crippen LogP contribution in [0.2, 0.25) is 0 Å². The molecule has 2 amide bonds. The lowest BCUT2D eigenvalue weighted by Gasteiger charge is -2.17. The maximum atomic E-state index is 11.4. The van der Waals surface area contributed by atoms with Crippen molar-refractivity contribution in [3.8, 4) is 0 Å². The molecule has 5 heteroatoms. The van der Waals surface area contributed by atoms with Gasteiger partial charge in [-0.15, -0.1) is 0 Å². The monoisotopic (exact) mass is 223 g/mol. The van der Waals surface area contributed by atoms with Crippen LogP contribution in [0.15, 0.2) is 0 Å². The minimum atomic E-state index is -0.295. The number of nitrogens with one attached hydrogen (secondary N) is 2. The summed E-state index contributed by atoms with van der Waals surface area (Å²) in [6.07, 6.45) is 4.05. The molecular weight excluding hydrogens is 206 g/mol. The molecule has 2 N–H and O–H groups in total. The molecule has 5 nitrogen and oxygen atoms in total. The van der Waals surface area contributed by atoms with Crippen molar-refractivity contribution < 1.29 is 9.59 Å². The maximum Gasteiger partial charge on any atom is 0.244 e. The van der Waals surface area contributed by atoms with Gasteiger partial charge in [-0.3, -0.25) is 19.8 Å². The Bertz CT molecular complexity index is 327. The molecule has 0 aromatic carbocycles. The highest BCUT2D eigenvalue weighted by Crippen LogP contribution is 2.29. The zero-order chi connectivity index (χ0) is 11.1. The van der Waals surface area contributed by atoms with E-state index in [1.807, 2.05) is 0 Å². The molecule has 0 bridgehead atoms. The molecule has 0 aromatic heterocycles. The molecule has 3 fully saturated rings. The van der Waals surface area contributed by atoms with Crippen molar-refractivity contribution in [1.82, 2.24) is 15.5 Å². The zero-order valence-corrected chi connectivity index (χ0v) is 9.24. The normalized spacial score (nSPS) is 35.8. The van der Waals surface area contributed by atoms with Crippen LogP contribution in [-0.2, 0) is 9.59 Å². The molecule has 0 spiro atoms. The summed E-state index contributed by atoms with van der Waals surface area (Å²) in [6, 6.07) is 0.879. The summed E-state index contributed by atoms with van der Waals surface area (Å²) in [4.78, 5) is 24.9. The molecule has 2 atom stereocenters. The highest BCUT2D eigenvalue weighted by Gasteiger charge is 2.37. The number of hydrogen-bond donors (Lipinski definition) is 2. The number of rotatable bonds is 3. The number of likely N-dealkylation sites (tertiary alicyclic amines) is 1. The second-order valence-corrected chi connectivity index (χ2v) is 5.05. The summed E-state index contributed by atoms with van der Waals surface area (Å²) in [5, 5.41) is 5.63. The molecule has 88 valence electrons. The standard InChI is InChI=1S/C11H17N3O2/c15-10-5-9(11(16)13-10)12-7-3-4-14(6-7)8-1-2-8/h7-9,12H,1-6H2,(H,13,15,16). The van der Waals surface area contributed by atoms with Gasteiger partial charge >= 0.3 is 0 Å². The van der Waals surface area contributed by atoms with Gasteiger partial charge in [-0.05, 0) is 19.3 Å². The van der Waals surface area contributed by atoms with E-state index >= 15 is 0 Å². The second kappa shape index (κ2) is 3.82. The van der Waals surface area contributed by atoms with Crippen LogP contribution >= 0.6 is 0 Å². The molecular formula is C11H17N3O2. The molecule has 1 saturated carbocycles. The van der Waals surface area contributed by atoms with E-state index in [4.69, 9.17) is 0 Å². The molecule has 0 aromatic rings. The predicted molar refractivity (Wildman–Crippen MR) is 57.7 cm³/mol. The minimum absolute atomic E-state index is 0.153. The molecule has 1 aliphatic carbocycles. The Kier molecular flexibility index (Phi) is 2.44. The second-order valence-electron chi connectivity index (χ2n) is 5.05. The van der Waals surface area contributed by atoms with E-state index in [2.05, 4.69) is 15.5 Å². The lowest BCUT2D eigenvalue weighted by atomic mass is 10.2. The van der Waals surface area contributed by atoms with Crippen molar-refractivity contribution in [2.45, 2.75) is 43.8 Å². The molecule has 3 aliphatic rings. The van der Waals surface area contributed by atoms with Gasteiger partial charge in [0.25, 0.3) is 0 Å². The summed E-state index contributed by atoms with van der Waals surface area (Å²) in [5.41, 5.74) is 0. The fourth-order valence-electron chi connectivity index (χ4n) is 2.67. The molecule has 2 saturated heterocycles. The third-order valence-corrected chi connectivity index (χ3v) is 3.69. The van der Waals surface area contributed by atoms with Crippen LogP contribution in [0.25, 0.3) is 0 Å². The summed E-state index contributed by atoms with van der Waals surface area (Å²) in [7, 11) is 0. The molecule has 2 unspecified atom stereocenters. The third-order valence-electron chi connectivity index (χ3n) is 3.69. The predicted octanol–water partition coefficient (Wildman–Crippen LogP) is -0.772. The Morgan fingerprint density at radius 1 is 1.25 bits per heavy atom. The van der Waals surface area contributed by atoms with Crippen LogP contribution in [0.1, 0.15) is 25.7 Å². The molecule has 3 rings (SSSR count). The Labute approximate surface area is 94.6 Å². The van der Waals surface area contributed by atoms with Crippen molar-refractivity contribution >= 4 is 11.8 Å². The van der Waals surface area contributed by atoms with Crippen LogP contribution < -0.4 is 10.6 Å². The van der Waals surface area contributed by atoms with Crippen molar-refractivity contribution in [1.29, 1.82) is 0 Å². The number of imide groups is 1. The van der Waals surface area contributed by atoms with Crippen molar-refractivity contribution in [2.75, 3.05) is 13.1 Å². The summed E-state index contributed by atoms with van der Waals surface area (Å²) in [5.74, 6) is -0.311. The fourth-order valence-corrected chi connectivity index (χ4v) is 2.67. The van der Waals surface area contributed by atoms with E-state index in [1.54, 1.807) is 0 Å². The van der Waals surface area contributed by atoms with E-state index in [-0.39, 0.29) is 17.9 Å². The van der Waals surface area contributed by atoms with Gasteiger partial charge in [-0.1, -0.05) is 0 Å². The number of carbonyl (C=O) groups excluding carboxylic acids is 2. The van der Waals surface area contributed by atoms with E-state index in [0.29, 0.717) is 12.5 Å². The van der Waals surface area contributed by atoms with Gasteiger partial charge in [0.15, 0.2) is 0 Å². The minimum Gasteiger partial charge on any atom is -0.301 e. The average molecular weight is 223 g/mol. The van der Waals surface area contributed by atoms with Gasteiger partial charge in [-0.25, -0.2) is 0 Å². The molecule has 0 radical (unpaired) electrons. The fraction of sp³-hybridized carbons (Fsp3) is 0.818. The van der Waals surface area contributed by atoms with Crippen molar-refractivity contribution in [3.05, 3.63) is 0 Å². The van der Waals surface area contributed by atoms with Gasteiger partial charge in [0, 0.05) is 25.2 Å². The zero-order valence-electron chi connectivity index (χ0n) is 9.24. The average Bonchev–Trinajstić information content (AvgIpc) is 2.91. The number of nitrogens with zero attached hydrogens (tertiary/aromatic N) is 1. The van der Waals surface area contributed by atoms with Crippen LogP contribution in [-0.4, -0.2) is 47.9 Å². The Morgan fingerprint density at radius 3 is 2.69 bits per heavy atom. The first kappa shape index (κ1) is 10.2. The van der Waals surface area contributed by atoms with Crippen LogP contribution in [0, 0.1) is 0 Å². The van der Waals surface area contributed by atoms with Gasteiger partial charge in [-0.2, -0.15) is 0 Å². The lowest BCUT2D eigenvalue weighted by molar-refractivity contribution is -0.125. The summed E-state index contributed by atoms with van der Waals surface area (Å²) >= 11 is 0. The van der Waals surface area contributed by atoms with Crippen molar-refractivity contribution in [2.24, 2.45) is 0 Å². The van der Waals surface area contributed by atoms with Gasteiger partial charge in [0.1, 0.15) is 0 Å².